The molecule has 0 aliphatic carbocycles. The lowest BCUT2D eigenvalue weighted by Crippen LogP contribution is -2.48. The smallest absolute Gasteiger partial charge is 0.303 e. The fourth-order valence-electron chi connectivity index (χ4n) is 1.89. The van der Waals surface area contributed by atoms with Crippen LogP contribution < -0.4 is 0 Å². The van der Waals surface area contributed by atoms with Crippen molar-refractivity contribution >= 4 is 35.1 Å². The molecule has 0 fully saturated rings. The molecule has 0 aliphatic heterocycles. The summed E-state index contributed by atoms with van der Waals surface area (Å²) in [4.78, 5) is 25.1. The van der Waals surface area contributed by atoms with E-state index >= 15 is 0 Å². The molecule has 0 N–H and O–H groups in total. The Morgan fingerprint density at radius 2 is 1.95 bits per heavy atom. The molecular weight excluding hydrogens is 325 g/mol. The van der Waals surface area contributed by atoms with Crippen molar-refractivity contribution in [3.63, 3.8) is 0 Å². The largest absolute Gasteiger partial charge is 0.459 e. The number of rotatable bonds is 7. The Bertz CT molecular complexity index is 531. The first-order valence-corrected chi connectivity index (χ1v) is 7.53. The van der Waals surface area contributed by atoms with Gasteiger partial charge in [0, 0.05) is 20.0 Å². The van der Waals surface area contributed by atoms with E-state index in [1.165, 1.54) is 18.7 Å². The van der Waals surface area contributed by atoms with E-state index in [-0.39, 0.29) is 6.54 Å². The van der Waals surface area contributed by atoms with Crippen molar-refractivity contribution in [2.45, 2.75) is 30.8 Å². The molecule has 120 valence electrons. The first kappa shape index (κ1) is 18.5. The van der Waals surface area contributed by atoms with Gasteiger partial charge in [-0.05, 0) is 12.5 Å². The molecule has 0 saturated heterocycles. The summed E-state index contributed by atoms with van der Waals surface area (Å²) in [6, 6.07) is 9.43. The Kier molecular flexibility index (Phi) is 6.91. The van der Waals surface area contributed by atoms with E-state index in [0.29, 0.717) is 6.54 Å². The number of esters is 1. The van der Waals surface area contributed by atoms with Crippen molar-refractivity contribution in [2.75, 3.05) is 6.54 Å². The molecule has 1 aromatic rings. The number of hydrogen-bond acceptors (Lipinski definition) is 3. The van der Waals surface area contributed by atoms with Gasteiger partial charge in [-0.3, -0.25) is 9.59 Å². The number of carbonyl (C=O) groups excluding carboxylic acids is 2. The highest BCUT2D eigenvalue weighted by Crippen LogP contribution is 2.31. The third-order valence-corrected chi connectivity index (χ3v) is 3.93. The monoisotopic (exact) mass is 343 g/mol. The third-order valence-electron chi connectivity index (χ3n) is 2.99. The van der Waals surface area contributed by atoms with E-state index in [1.807, 2.05) is 30.3 Å². The summed E-state index contributed by atoms with van der Waals surface area (Å²) in [6.45, 7) is 6.96. The van der Waals surface area contributed by atoms with Crippen molar-refractivity contribution < 1.29 is 14.3 Å². The predicted molar refractivity (Wildman–Crippen MR) is 87.7 cm³/mol. The van der Waals surface area contributed by atoms with Crippen molar-refractivity contribution in [1.29, 1.82) is 0 Å². The number of amides is 1. The lowest BCUT2D eigenvalue weighted by Gasteiger charge is -2.31. The Morgan fingerprint density at radius 1 is 1.36 bits per heavy atom. The minimum atomic E-state index is -1.86. The van der Waals surface area contributed by atoms with Crippen LogP contribution >= 0.6 is 23.2 Å². The van der Waals surface area contributed by atoms with Gasteiger partial charge in [-0.2, -0.15) is 0 Å². The highest BCUT2D eigenvalue weighted by molar-refractivity contribution is 6.58. The maximum Gasteiger partial charge on any atom is 0.303 e. The highest BCUT2D eigenvalue weighted by Gasteiger charge is 2.44. The molecule has 0 aromatic heterocycles. The molecule has 0 heterocycles. The van der Waals surface area contributed by atoms with E-state index in [0.717, 1.165) is 5.56 Å². The summed E-state index contributed by atoms with van der Waals surface area (Å²) < 4.78 is 3.08. The second-order valence-electron chi connectivity index (χ2n) is 4.83. The minimum Gasteiger partial charge on any atom is -0.459 e. The average Bonchev–Trinajstić information content (AvgIpc) is 2.46. The lowest BCUT2D eigenvalue weighted by molar-refractivity contribution is -0.149. The molecule has 0 radical (unpaired) electrons. The van der Waals surface area contributed by atoms with Crippen LogP contribution in [0.3, 0.4) is 0 Å². The fraction of sp³-hybridized carbons (Fsp3) is 0.375. The van der Waals surface area contributed by atoms with Crippen molar-refractivity contribution in [3.8, 4) is 0 Å². The molecular formula is C16H19Cl2NO3. The van der Waals surface area contributed by atoms with E-state index in [1.54, 1.807) is 6.08 Å². The van der Waals surface area contributed by atoms with E-state index in [2.05, 4.69) is 6.58 Å². The fourth-order valence-corrected chi connectivity index (χ4v) is 2.21. The summed E-state index contributed by atoms with van der Waals surface area (Å²) in [5.74, 6) is -1.09. The summed E-state index contributed by atoms with van der Waals surface area (Å²) in [7, 11) is 0. The highest BCUT2D eigenvalue weighted by atomic mass is 35.5. The summed E-state index contributed by atoms with van der Waals surface area (Å²) in [5, 5.41) is 0. The van der Waals surface area contributed by atoms with Gasteiger partial charge in [0.05, 0.1) is 0 Å². The summed E-state index contributed by atoms with van der Waals surface area (Å²) in [6.07, 6.45) is 0.616. The van der Waals surface area contributed by atoms with Crippen LogP contribution in [0.4, 0.5) is 0 Å². The van der Waals surface area contributed by atoms with Gasteiger partial charge in [0.2, 0.25) is 4.33 Å². The molecule has 1 aromatic carbocycles. The van der Waals surface area contributed by atoms with Crippen LogP contribution in [0, 0.1) is 0 Å². The average molecular weight is 344 g/mol. The Labute approximate surface area is 140 Å². The van der Waals surface area contributed by atoms with Crippen LogP contribution in [0.2, 0.25) is 0 Å². The summed E-state index contributed by atoms with van der Waals surface area (Å²) >= 11 is 12.3. The predicted octanol–water partition coefficient (Wildman–Crippen LogP) is 3.33. The second-order valence-corrected chi connectivity index (χ2v) is 6.22. The SMILES string of the molecule is C=CCN(Cc1ccccc1)C(=O)C(Cl)(Cl)C(C)OC(C)=O. The van der Waals surface area contributed by atoms with Crippen molar-refractivity contribution in [1.82, 2.24) is 4.90 Å². The van der Waals surface area contributed by atoms with Gasteiger partial charge in [0.1, 0.15) is 6.10 Å². The van der Waals surface area contributed by atoms with Gasteiger partial charge in [-0.25, -0.2) is 0 Å². The van der Waals surface area contributed by atoms with E-state index < -0.39 is 22.3 Å². The zero-order valence-corrected chi connectivity index (χ0v) is 14.1. The van der Waals surface area contributed by atoms with Crippen molar-refractivity contribution in [2.24, 2.45) is 0 Å². The third kappa shape index (κ3) is 5.04. The van der Waals surface area contributed by atoms with E-state index in [9.17, 15) is 9.59 Å². The molecule has 0 saturated carbocycles. The number of benzene rings is 1. The standard InChI is InChI=1S/C16H19Cl2NO3/c1-4-10-19(11-14-8-6-5-7-9-14)15(21)16(17,18)12(2)22-13(3)20/h4-9,12H,1,10-11H2,2-3H3. The first-order chi connectivity index (χ1) is 10.3. The number of nitrogens with zero attached hydrogens (tertiary/aromatic N) is 1. The van der Waals surface area contributed by atoms with E-state index in [4.69, 9.17) is 27.9 Å². The molecule has 1 amide bonds. The van der Waals surface area contributed by atoms with Crippen LogP contribution in [-0.4, -0.2) is 33.8 Å². The van der Waals surface area contributed by atoms with Crippen LogP contribution in [0.5, 0.6) is 0 Å². The van der Waals surface area contributed by atoms with Crippen LogP contribution in [0.1, 0.15) is 19.4 Å². The summed E-state index contributed by atoms with van der Waals surface area (Å²) in [5.41, 5.74) is 0.932. The molecule has 0 spiro atoms. The van der Waals surface area contributed by atoms with Gasteiger partial charge in [0.25, 0.3) is 5.91 Å². The Hall–Kier alpha value is -1.52. The van der Waals surface area contributed by atoms with Gasteiger partial charge >= 0.3 is 5.97 Å². The van der Waals surface area contributed by atoms with Gasteiger partial charge < -0.3 is 9.64 Å². The molecule has 4 nitrogen and oxygen atoms in total. The quantitative estimate of drug-likeness (QED) is 0.433. The number of hydrogen-bond donors (Lipinski definition) is 0. The van der Waals surface area contributed by atoms with Crippen LogP contribution in [0.15, 0.2) is 43.0 Å². The molecule has 1 rings (SSSR count). The molecule has 1 unspecified atom stereocenters. The topological polar surface area (TPSA) is 46.6 Å². The molecule has 22 heavy (non-hydrogen) atoms. The maximum absolute atomic E-state index is 12.6. The molecule has 0 aliphatic rings. The molecule has 6 heteroatoms. The van der Waals surface area contributed by atoms with Crippen molar-refractivity contribution in [3.05, 3.63) is 48.6 Å². The lowest BCUT2D eigenvalue weighted by atomic mass is 10.1. The van der Waals surface area contributed by atoms with Gasteiger partial charge in [0.15, 0.2) is 0 Å². The number of carbonyl (C=O) groups is 2. The number of ether oxygens (including phenoxy) is 1. The first-order valence-electron chi connectivity index (χ1n) is 6.78. The van der Waals surface area contributed by atoms with Crippen LogP contribution in [0.25, 0.3) is 0 Å². The Balaban J connectivity index is 2.91. The molecule has 1 atom stereocenters. The second kappa shape index (κ2) is 8.20. The van der Waals surface area contributed by atoms with Gasteiger partial charge in [-0.15, -0.1) is 6.58 Å². The number of alkyl halides is 2. The van der Waals surface area contributed by atoms with Gasteiger partial charge in [-0.1, -0.05) is 59.6 Å². The Morgan fingerprint density at radius 3 is 2.45 bits per heavy atom. The zero-order chi connectivity index (χ0) is 16.8. The molecule has 0 bridgehead atoms. The minimum absolute atomic E-state index is 0.279. The zero-order valence-electron chi connectivity index (χ0n) is 12.6. The maximum atomic E-state index is 12.6. The van der Waals surface area contributed by atoms with Crippen LogP contribution in [-0.2, 0) is 20.9 Å². The number of halogens is 2. The normalized spacial score (nSPS) is 12.4.